The Morgan fingerprint density at radius 3 is 2.30 bits per heavy atom. The van der Waals surface area contributed by atoms with Gasteiger partial charge < -0.3 is 5.32 Å². The van der Waals surface area contributed by atoms with Crippen LogP contribution in [0.1, 0.15) is 39.7 Å². The maximum absolute atomic E-state index is 12.2. The van der Waals surface area contributed by atoms with Gasteiger partial charge in [0, 0.05) is 11.1 Å². The molecule has 1 amide bonds. The van der Waals surface area contributed by atoms with Gasteiger partial charge in [-0.05, 0) is 31.7 Å². The van der Waals surface area contributed by atoms with Gasteiger partial charge in [-0.25, -0.2) is 0 Å². The normalized spacial score (nSPS) is 11.5. The van der Waals surface area contributed by atoms with Gasteiger partial charge in [-0.15, -0.1) is 20.4 Å². The van der Waals surface area contributed by atoms with E-state index in [1.54, 1.807) is 0 Å². The Morgan fingerprint density at radius 1 is 1.13 bits per heavy atom. The van der Waals surface area contributed by atoms with E-state index in [1.165, 1.54) is 6.33 Å². The molecule has 0 aliphatic carbocycles. The molecule has 0 saturated heterocycles. The van der Waals surface area contributed by atoms with Crippen LogP contribution in [0.2, 0.25) is 0 Å². The van der Waals surface area contributed by atoms with E-state index in [-0.39, 0.29) is 11.4 Å². The number of hydrogen-bond donors (Lipinski definition) is 1. The number of carbonyl (C=O) groups is 1. The van der Waals surface area contributed by atoms with Gasteiger partial charge in [-0.3, -0.25) is 4.79 Å². The largest absolute Gasteiger partial charge is 0.351 e. The molecule has 0 atom stereocenters. The van der Waals surface area contributed by atoms with Crippen LogP contribution in [0.4, 0.5) is 0 Å². The molecule has 0 unspecified atom stereocenters. The van der Waals surface area contributed by atoms with E-state index in [2.05, 4.69) is 53.4 Å². The first kappa shape index (κ1) is 17.0. The Balaban J connectivity index is 1.97. The van der Waals surface area contributed by atoms with Crippen LogP contribution >= 0.6 is 0 Å². The second kappa shape index (κ2) is 7.26. The third-order valence-corrected chi connectivity index (χ3v) is 3.38. The third-order valence-electron chi connectivity index (χ3n) is 3.38. The molecule has 6 heteroatoms. The Labute approximate surface area is 136 Å². The molecule has 6 nitrogen and oxygen atoms in total. The minimum Gasteiger partial charge on any atom is -0.351 e. The first-order chi connectivity index (χ1) is 10.9. The highest BCUT2D eigenvalue weighted by Crippen LogP contribution is 2.17. The van der Waals surface area contributed by atoms with Gasteiger partial charge in [-0.2, -0.15) is 0 Å². The molecule has 0 aliphatic heterocycles. The summed E-state index contributed by atoms with van der Waals surface area (Å²) in [4.78, 5) is 12.2. The molecule has 0 radical (unpaired) electrons. The Morgan fingerprint density at radius 2 is 1.74 bits per heavy atom. The standard InChI is InChI=1S/C17H23N5O/c1-12(2)10-17(3,4)20-15(23)9-13-5-7-14(8-6-13)16-21-18-11-19-22-16/h5-8,11-12H,9-10H2,1-4H3,(H,20,23). The van der Waals surface area contributed by atoms with Gasteiger partial charge in [0.15, 0.2) is 6.33 Å². The summed E-state index contributed by atoms with van der Waals surface area (Å²) < 4.78 is 0. The van der Waals surface area contributed by atoms with E-state index >= 15 is 0 Å². The maximum Gasteiger partial charge on any atom is 0.224 e. The molecule has 1 aromatic heterocycles. The summed E-state index contributed by atoms with van der Waals surface area (Å²) >= 11 is 0. The summed E-state index contributed by atoms with van der Waals surface area (Å²) in [5.41, 5.74) is 1.58. The van der Waals surface area contributed by atoms with Crippen molar-refractivity contribution in [3.05, 3.63) is 36.2 Å². The van der Waals surface area contributed by atoms with Gasteiger partial charge in [0.05, 0.1) is 6.42 Å². The van der Waals surface area contributed by atoms with Gasteiger partial charge in [0.2, 0.25) is 11.7 Å². The average Bonchev–Trinajstić information content (AvgIpc) is 2.46. The SMILES string of the molecule is CC(C)CC(C)(C)NC(=O)Cc1ccc(-c2nncnn2)cc1. The van der Waals surface area contributed by atoms with E-state index < -0.39 is 0 Å². The highest BCUT2D eigenvalue weighted by molar-refractivity contribution is 5.79. The molecule has 122 valence electrons. The van der Waals surface area contributed by atoms with Gasteiger partial charge >= 0.3 is 0 Å². The number of benzene rings is 1. The van der Waals surface area contributed by atoms with E-state index in [4.69, 9.17) is 0 Å². The van der Waals surface area contributed by atoms with E-state index in [0.29, 0.717) is 18.2 Å². The number of aromatic nitrogens is 4. The average molecular weight is 313 g/mol. The highest BCUT2D eigenvalue weighted by atomic mass is 16.1. The third kappa shape index (κ3) is 5.39. The maximum atomic E-state index is 12.2. The van der Waals surface area contributed by atoms with Gasteiger partial charge in [-0.1, -0.05) is 38.1 Å². The van der Waals surface area contributed by atoms with Crippen molar-refractivity contribution in [1.82, 2.24) is 25.7 Å². The van der Waals surface area contributed by atoms with Crippen LogP contribution in [0.25, 0.3) is 11.4 Å². The number of rotatable bonds is 6. The molecule has 0 saturated carbocycles. The Bertz CT molecular complexity index is 638. The lowest BCUT2D eigenvalue weighted by atomic mass is 9.92. The van der Waals surface area contributed by atoms with E-state index in [1.807, 2.05) is 24.3 Å². The van der Waals surface area contributed by atoms with Crippen molar-refractivity contribution in [1.29, 1.82) is 0 Å². The topological polar surface area (TPSA) is 80.7 Å². The second-order valence-corrected chi connectivity index (χ2v) is 6.77. The molecule has 0 bridgehead atoms. The number of hydrogen-bond acceptors (Lipinski definition) is 5. The van der Waals surface area contributed by atoms with Crippen LogP contribution in [0, 0.1) is 5.92 Å². The zero-order valence-corrected chi connectivity index (χ0v) is 14.1. The minimum atomic E-state index is -0.194. The fourth-order valence-corrected chi connectivity index (χ4v) is 2.77. The smallest absolute Gasteiger partial charge is 0.224 e. The van der Waals surface area contributed by atoms with Gasteiger partial charge in [0.25, 0.3) is 0 Å². The molecule has 2 rings (SSSR count). The fraction of sp³-hybridized carbons (Fsp3) is 0.471. The summed E-state index contributed by atoms with van der Waals surface area (Å²) in [5.74, 6) is 1.04. The molecule has 0 aliphatic rings. The van der Waals surface area contributed by atoms with Crippen LogP contribution in [-0.4, -0.2) is 31.8 Å². The zero-order chi connectivity index (χ0) is 16.9. The van der Waals surface area contributed by atoms with Crippen LogP contribution in [0.15, 0.2) is 30.6 Å². The highest BCUT2D eigenvalue weighted by Gasteiger charge is 2.21. The summed E-state index contributed by atoms with van der Waals surface area (Å²) in [6.45, 7) is 8.42. The van der Waals surface area contributed by atoms with Crippen molar-refractivity contribution >= 4 is 5.91 Å². The molecule has 0 spiro atoms. The number of nitrogens with one attached hydrogen (secondary N) is 1. The van der Waals surface area contributed by atoms with Crippen LogP contribution < -0.4 is 5.32 Å². The lowest BCUT2D eigenvalue weighted by Crippen LogP contribution is -2.44. The number of nitrogens with zero attached hydrogens (tertiary/aromatic N) is 4. The first-order valence-corrected chi connectivity index (χ1v) is 7.76. The van der Waals surface area contributed by atoms with Gasteiger partial charge in [0.1, 0.15) is 0 Å². The molecule has 1 N–H and O–H groups in total. The molecule has 23 heavy (non-hydrogen) atoms. The minimum absolute atomic E-state index is 0.0303. The van der Waals surface area contributed by atoms with Crippen molar-refractivity contribution in [2.24, 2.45) is 5.92 Å². The van der Waals surface area contributed by atoms with Crippen molar-refractivity contribution in [3.63, 3.8) is 0 Å². The van der Waals surface area contributed by atoms with Crippen LogP contribution in [0.5, 0.6) is 0 Å². The number of amides is 1. The quantitative estimate of drug-likeness (QED) is 0.886. The fourth-order valence-electron chi connectivity index (χ4n) is 2.77. The molecule has 1 aromatic carbocycles. The molecule has 0 fully saturated rings. The summed E-state index contributed by atoms with van der Waals surface area (Å²) in [7, 11) is 0. The number of carbonyl (C=O) groups excluding carboxylic acids is 1. The van der Waals surface area contributed by atoms with Crippen molar-refractivity contribution in [2.45, 2.75) is 46.1 Å². The predicted molar refractivity (Wildman–Crippen MR) is 88.4 cm³/mol. The Hall–Kier alpha value is -2.37. The summed E-state index contributed by atoms with van der Waals surface area (Å²) in [5, 5.41) is 18.3. The molecule has 2 aromatic rings. The summed E-state index contributed by atoms with van der Waals surface area (Å²) in [6, 6.07) is 7.56. The predicted octanol–water partition coefficient (Wildman–Crippen LogP) is 2.42. The first-order valence-electron chi connectivity index (χ1n) is 7.76. The second-order valence-electron chi connectivity index (χ2n) is 6.77. The lowest BCUT2D eigenvalue weighted by Gasteiger charge is -2.28. The van der Waals surface area contributed by atoms with Crippen LogP contribution in [0.3, 0.4) is 0 Å². The molecular weight excluding hydrogens is 290 g/mol. The summed E-state index contributed by atoms with van der Waals surface area (Å²) in [6.07, 6.45) is 2.60. The van der Waals surface area contributed by atoms with Crippen molar-refractivity contribution < 1.29 is 4.79 Å². The molecule has 1 heterocycles. The van der Waals surface area contributed by atoms with E-state index in [0.717, 1.165) is 17.5 Å². The van der Waals surface area contributed by atoms with Crippen molar-refractivity contribution in [2.75, 3.05) is 0 Å². The van der Waals surface area contributed by atoms with E-state index in [9.17, 15) is 4.79 Å². The Kier molecular flexibility index (Phi) is 5.36. The zero-order valence-electron chi connectivity index (χ0n) is 14.1. The lowest BCUT2D eigenvalue weighted by molar-refractivity contribution is -0.122. The van der Waals surface area contributed by atoms with Crippen LogP contribution in [-0.2, 0) is 11.2 Å². The molecular formula is C17H23N5O. The van der Waals surface area contributed by atoms with Crippen molar-refractivity contribution in [3.8, 4) is 11.4 Å². The monoisotopic (exact) mass is 313 g/mol.